The van der Waals surface area contributed by atoms with Gasteiger partial charge in [0.05, 0.1) is 5.56 Å². The molecule has 0 saturated heterocycles. The maximum atomic E-state index is 12.1. The number of carbonyl (C=O) groups excluding carboxylic acids is 1. The van der Waals surface area contributed by atoms with Crippen molar-refractivity contribution in [3.63, 3.8) is 0 Å². The first kappa shape index (κ1) is 15.1. The van der Waals surface area contributed by atoms with Crippen LogP contribution >= 0.6 is 11.8 Å². The standard InChI is InChI=1S/C16H12N2O4S/c19-13-9-5-4-8-12(13)15(20)23-16-18-17-14(22-16)10-21-11-6-2-1-3-7-11/h1-9,19H,10H2. The molecule has 2 aromatic carbocycles. The van der Waals surface area contributed by atoms with Gasteiger partial charge in [-0.25, -0.2) is 0 Å². The molecule has 0 amide bonds. The Morgan fingerprint density at radius 3 is 2.61 bits per heavy atom. The van der Waals surface area contributed by atoms with Gasteiger partial charge in [-0.05, 0) is 24.3 Å². The fourth-order valence-corrected chi connectivity index (χ4v) is 2.44. The van der Waals surface area contributed by atoms with Crippen LogP contribution in [0.2, 0.25) is 0 Å². The van der Waals surface area contributed by atoms with Gasteiger partial charge in [0.15, 0.2) is 6.61 Å². The van der Waals surface area contributed by atoms with Gasteiger partial charge in [0.25, 0.3) is 11.1 Å². The van der Waals surface area contributed by atoms with Gasteiger partial charge in [0.1, 0.15) is 11.5 Å². The van der Waals surface area contributed by atoms with E-state index in [9.17, 15) is 9.90 Å². The van der Waals surface area contributed by atoms with Crippen molar-refractivity contribution in [3.05, 3.63) is 66.1 Å². The number of nitrogens with zero attached hydrogens (tertiary/aromatic N) is 2. The van der Waals surface area contributed by atoms with E-state index in [4.69, 9.17) is 9.15 Å². The van der Waals surface area contributed by atoms with Crippen LogP contribution in [0.4, 0.5) is 0 Å². The number of aromatic nitrogens is 2. The smallest absolute Gasteiger partial charge is 0.284 e. The largest absolute Gasteiger partial charge is 0.507 e. The van der Waals surface area contributed by atoms with Crippen LogP contribution < -0.4 is 4.74 Å². The Bertz CT molecular complexity index is 805. The van der Waals surface area contributed by atoms with E-state index in [1.807, 2.05) is 30.3 Å². The number of thioether (sulfide) groups is 1. The molecule has 0 unspecified atom stereocenters. The van der Waals surface area contributed by atoms with Crippen LogP contribution in [0.15, 0.2) is 64.2 Å². The van der Waals surface area contributed by atoms with Crippen molar-refractivity contribution in [2.75, 3.05) is 0 Å². The van der Waals surface area contributed by atoms with Crippen LogP contribution in [-0.2, 0) is 6.61 Å². The molecule has 0 bridgehead atoms. The van der Waals surface area contributed by atoms with Crippen LogP contribution in [0.3, 0.4) is 0 Å². The van der Waals surface area contributed by atoms with Crippen molar-refractivity contribution in [2.24, 2.45) is 0 Å². The number of hydrogen-bond acceptors (Lipinski definition) is 7. The fourth-order valence-electron chi connectivity index (χ4n) is 1.78. The summed E-state index contributed by atoms with van der Waals surface area (Å²) in [5, 5.41) is 17.0. The van der Waals surface area contributed by atoms with Gasteiger partial charge in [-0.2, -0.15) is 0 Å². The van der Waals surface area contributed by atoms with Crippen molar-refractivity contribution in [2.45, 2.75) is 11.8 Å². The summed E-state index contributed by atoms with van der Waals surface area (Å²) < 4.78 is 10.8. The lowest BCUT2D eigenvalue weighted by molar-refractivity contribution is 0.108. The van der Waals surface area contributed by atoms with Crippen LogP contribution in [0.25, 0.3) is 0 Å². The Balaban J connectivity index is 1.61. The molecule has 3 aromatic rings. The average Bonchev–Trinajstić information content (AvgIpc) is 3.02. The van der Waals surface area contributed by atoms with E-state index < -0.39 is 0 Å². The second-order valence-electron chi connectivity index (χ2n) is 4.47. The van der Waals surface area contributed by atoms with Crippen LogP contribution in [0, 0.1) is 0 Å². The summed E-state index contributed by atoms with van der Waals surface area (Å²) in [4.78, 5) is 12.1. The highest BCUT2D eigenvalue weighted by Crippen LogP contribution is 2.26. The molecule has 116 valence electrons. The first-order valence-corrected chi connectivity index (χ1v) is 7.54. The lowest BCUT2D eigenvalue weighted by atomic mass is 10.2. The van der Waals surface area contributed by atoms with Gasteiger partial charge in [-0.1, -0.05) is 30.3 Å². The summed E-state index contributed by atoms with van der Waals surface area (Å²) in [5.41, 5.74) is 0.192. The second-order valence-corrected chi connectivity index (χ2v) is 5.39. The van der Waals surface area contributed by atoms with Crippen LogP contribution in [0.1, 0.15) is 16.2 Å². The minimum atomic E-state index is -0.373. The van der Waals surface area contributed by atoms with E-state index in [2.05, 4.69) is 10.2 Å². The minimum absolute atomic E-state index is 0.0860. The first-order chi connectivity index (χ1) is 11.2. The van der Waals surface area contributed by atoms with E-state index in [1.54, 1.807) is 12.1 Å². The predicted octanol–water partition coefficient (Wildman–Crippen LogP) is 3.29. The van der Waals surface area contributed by atoms with Crippen molar-refractivity contribution >= 4 is 16.9 Å². The summed E-state index contributed by atoms with van der Waals surface area (Å²) in [6.07, 6.45) is 0. The van der Waals surface area contributed by atoms with E-state index in [0.717, 1.165) is 11.8 Å². The summed E-state index contributed by atoms with van der Waals surface area (Å²) in [6.45, 7) is 0.113. The number of benzene rings is 2. The number of rotatable bonds is 5. The van der Waals surface area contributed by atoms with Gasteiger partial charge >= 0.3 is 0 Å². The number of aromatic hydroxyl groups is 1. The Morgan fingerprint density at radius 1 is 1.09 bits per heavy atom. The second kappa shape index (κ2) is 6.97. The Kier molecular flexibility index (Phi) is 4.58. The molecule has 3 rings (SSSR count). The van der Waals surface area contributed by atoms with Crippen molar-refractivity contribution in [1.82, 2.24) is 10.2 Å². The molecule has 23 heavy (non-hydrogen) atoms. The summed E-state index contributed by atoms with van der Waals surface area (Å²) in [7, 11) is 0. The fraction of sp³-hybridized carbons (Fsp3) is 0.0625. The highest BCUT2D eigenvalue weighted by Gasteiger charge is 2.16. The molecule has 0 saturated carbocycles. The van der Waals surface area contributed by atoms with E-state index >= 15 is 0 Å². The monoisotopic (exact) mass is 328 g/mol. The first-order valence-electron chi connectivity index (χ1n) is 6.73. The molecule has 0 atom stereocenters. The molecule has 0 fully saturated rings. The van der Waals surface area contributed by atoms with Crippen LogP contribution in [0.5, 0.6) is 11.5 Å². The molecular formula is C16H12N2O4S. The van der Waals surface area contributed by atoms with Gasteiger partial charge in [0.2, 0.25) is 5.12 Å². The summed E-state index contributed by atoms with van der Waals surface area (Å²) in [5.74, 6) is 0.865. The highest BCUT2D eigenvalue weighted by atomic mass is 32.2. The Hall–Kier alpha value is -2.80. The topological polar surface area (TPSA) is 85.5 Å². The average molecular weight is 328 g/mol. The molecule has 1 heterocycles. The molecule has 1 aromatic heterocycles. The number of phenols is 1. The zero-order valence-electron chi connectivity index (χ0n) is 11.9. The highest BCUT2D eigenvalue weighted by molar-refractivity contribution is 8.14. The zero-order chi connectivity index (χ0) is 16.1. The predicted molar refractivity (Wildman–Crippen MR) is 83.4 cm³/mol. The van der Waals surface area contributed by atoms with E-state index in [0.29, 0.717) is 5.75 Å². The van der Waals surface area contributed by atoms with Gasteiger partial charge in [0, 0.05) is 11.8 Å². The molecule has 1 N–H and O–H groups in total. The maximum absolute atomic E-state index is 12.1. The molecule has 0 radical (unpaired) electrons. The maximum Gasteiger partial charge on any atom is 0.284 e. The minimum Gasteiger partial charge on any atom is -0.507 e. The van der Waals surface area contributed by atoms with Gasteiger partial charge in [-0.15, -0.1) is 10.2 Å². The summed E-state index contributed by atoms with van der Waals surface area (Å²) in [6, 6.07) is 15.5. The molecule has 6 nitrogen and oxygen atoms in total. The zero-order valence-corrected chi connectivity index (χ0v) is 12.7. The van der Waals surface area contributed by atoms with Gasteiger partial charge in [-0.3, -0.25) is 4.79 Å². The van der Waals surface area contributed by atoms with Crippen molar-refractivity contribution in [1.29, 1.82) is 0 Å². The van der Waals surface area contributed by atoms with Crippen molar-refractivity contribution in [3.8, 4) is 11.5 Å². The number of phenolic OH excluding ortho intramolecular Hbond substituents is 1. The number of carbonyl (C=O) groups is 1. The quantitative estimate of drug-likeness (QED) is 0.719. The van der Waals surface area contributed by atoms with Gasteiger partial charge < -0.3 is 14.3 Å². The van der Waals surface area contributed by atoms with Crippen LogP contribution in [-0.4, -0.2) is 20.4 Å². The molecule has 7 heteroatoms. The Labute approximate surface area is 136 Å². The molecule has 0 aliphatic rings. The number of ether oxygens (including phenoxy) is 1. The number of hydrogen-bond donors (Lipinski definition) is 1. The molecule has 0 aliphatic carbocycles. The normalized spacial score (nSPS) is 10.4. The van der Waals surface area contributed by atoms with E-state index in [-0.39, 0.29) is 34.1 Å². The third kappa shape index (κ3) is 3.89. The molecular weight excluding hydrogens is 316 g/mol. The SMILES string of the molecule is O=C(Sc1nnc(COc2ccccc2)o1)c1ccccc1O. The Morgan fingerprint density at radius 2 is 1.83 bits per heavy atom. The van der Waals surface area contributed by atoms with E-state index in [1.165, 1.54) is 12.1 Å². The third-order valence-corrected chi connectivity index (χ3v) is 3.60. The molecule has 0 spiro atoms. The lowest BCUT2D eigenvalue weighted by Crippen LogP contribution is -1.95. The van der Waals surface area contributed by atoms with Crippen molar-refractivity contribution < 1.29 is 19.1 Å². The summed E-state index contributed by atoms with van der Waals surface area (Å²) >= 11 is 0.759. The molecule has 0 aliphatic heterocycles. The third-order valence-electron chi connectivity index (χ3n) is 2.86. The lowest BCUT2D eigenvalue weighted by Gasteiger charge is -2.01. The number of para-hydroxylation sites is 2.